The summed E-state index contributed by atoms with van der Waals surface area (Å²) in [6.45, 7) is 5.30. The first-order valence-electron chi connectivity index (χ1n) is 2.38. The largest absolute Gasteiger partial charge is 0.384 e. The third kappa shape index (κ3) is 3.15. The Hall–Kier alpha value is -1.05. The average Bonchev–Trinajstić information content (AvgIpc) is 1.83. The minimum absolute atomic E-state index is 0.447. The first-order chi connectivity index (χ1) is 3.81. The van der Waals surface area contributed by atoms with Crippen molar-refractivity contribution >= 4 is 5.84 Å². The molecule has 0 spiro atoms. The maximum atomic E-state index is 5.24. The minimum atomic E-state index is 0.447. The van der Waals surface area contributed by atoms with Crippen LogP contribution in [0.15, 0.2) is 29.9 Å². The fraction of sp³-hybridized carbons (Fsp3) is 0.167. The summed E-state index contributed by atoms with van der Waals surface area (Å²) >= 11 is 0. The summed E-state index contributed by atoms with van der Waals surface area (Å²) in [5.41, 5.74) is 5.24. The lowest BCUT2D eigenvalue weighted by Gasteiger charge is -1.82. The number of rotatable bonds is 2. The summed E-state index contributed by atoms with van der Waals surface area (Å²) in [4.78, 5) is 3.76. The van der Waals surface area contributed by atoms with Gasteiger partial charge in [0.15, 0.2) is 0 Å². The molecule has 2 nitrogen and oxygen atoms in total. The van der Waals surface area contributed by atoms with E-state index in [0.29, 0.717) is 5.84 Å². The summed E-state index contributed by atoms with van der Waals surface area (Å²) < 4.78 is 0. The quantitative estimate of drug-likeness (QED) is 0.419. The van der Waals surface area contributed by atoms with Crippen LogP contribution in [0.25, 0.3) is 0 Å². The van der Waals surface area contributed by atoms with E-state index in [1.807, 2.05) is 6.92 Å². The van der Waals surface area contributed by atoms with Gasteiger partial charge in [-0.3, -0.25) is 0 Å². The number of allylic oxidation sites excluding steroid dienone is 1. The topological polar surface area (TPSA) is 38.4 Å². The normalized spacial score (nSPS) is 12.4. The smallest absolute Gasteiger partial charge is 0.122 e. The van der Waals surface area contributed by atoms with Crippen LogP contribution in [-0.2, 0) is 0 Å². The first kappa shape index (κ1) is 6.95. The molecule has 0 rings (SSSR count). The van der Waals surface area contributed by atoms with Crippen molar-refractivity contribution in [1.29, 1.82) is 0 Å². The fourth-order valence-electron chi connectivity index (χ4n) is 0.213. The van der Waals surface area contributed by atoms with Gasteiger partial charge >= 0.3 is 0 Å². The van der Waals surface area contributed by atoms with E-state index < -0.39 is 0 Å². The summed E-state index contributed by atoms with van der Waals surface area (Å²) in [7, 11) is 0. The molecule has 0 aromatic carbocycles. The van der Waals surface area contributed by atoms with E-state index >= 15 is 0 Å². The molecule has 0 aliphatic carbocycles. The van der Waals surface area contributed by atoms with Crippen molar-refractivity contribution in [2.75, 3.05) is 0 Å². The molecule has 0 amide bonds. The number of hydrogen-bond acceptors (Lipinski definition) is 1. The highest BCUT2D eigenvalue weighted by Gasteiger charge is 1.72. The molecule has 0 bridgehead atoms. The van der Waals surface area contributed by atoms with Gasteiger partial charge in [0.25, 0.3) is 0 Å². The Morgan fingerprint density at radius 3 is 2.75 bits per heavy atom. The molecule has 44 valence electrons. The van der Waals surface area contributed by atoms with Crippen LogP contribution in [0, 0.1) is 0 Å². The maximum Gasteiger partial charge on any atom is 0.122 e. The number of nitrogens with zero attached hydrogens (tertiary/aromatic N) is 1. The monoisotopic (exact) mass is 110 g/mol. The van der Waals surface area contributed by atoms with Gasteiger partial charge in [0, 0.05) is 6.20 Å². The minimum Gasteiger partial charge on any atom is -0.384 e. The van der Waals surface area contributed by atoms with Crippen molar-refractivity contribution in [1.82, 2.24) is 0 Å². The second-order valence-electron chi connectivity index (χ2n) is 1.24. The summed E-state index contributed by atoms with van der Waals surface area (Å²) in [5, 5.41) is 0. The van der Waals surface area contributed by atoms with Crippen LogP contribution < -0.4 is 5.73 Å². The average molecular weight is 110 g/mol. The predicted octanol–water partition coefficient (Wildman–Crippen LogP) is 1.06. The van der Waals surface area contributed by atoms with Crippen molar-refractivity contribution < 1.29 is 0 Å². The lowest BCUT2D eigenvalue weighted by Crippen LogP contribution is -2.05. The molecule has 0 atom stereocenters. The molecule has 0 radical (unpaired) electrons. The molecule has 0 aliphatic heterocycles. The summed E-state index contributed by atoms with van der Waals surface area (Å²) in [6, 6.07) is 0. The van der Waals surface area contributed by atoms with Gasteiger partial charge in [-0.05, 0) is 13.0 Å². The van der Waals surface area contributed by atoms with Crippen LogP contribution in [0.5, 0.6) is 0 Å². The second kappa shape index (κ2) is 4.12. The van der Waals surface area contributed by atoms with Crippen molar-refractivity contribution in [3.63, 3.8) is 0 Å². The lowest BCUT2D eigenvalue weighted by atomic mass is 10.6. The van der Waals surface area contributed by atoms with Crippen molar-refractivity contribution in [3.8, 4) is 0 Å². The van der Waals surface area contributed by atoms with Crippen LogP contribution in [0.1, 0.15) is 6.92 Å². The fourth-order valence-corrected chi connectivity index (χ4v) is 0.213. The molecule has 0 saturated carbocycles. The van der Waals surface area contributed by atoms with E-state index in [1.54, 1.807) is 12.3 Å². The number of nitrogens with two attached hydrogens (primary N) is 1. The zero-order chi connectivity index (χ0) is 6.41. The molecule has 0 fully saturated rings. The number of amidine groups is 1. The van der Waals surface area contributed by atoms with Gasteiger partial charge < -0.3 is 5.73 Å². The third-order valence-electron chi connectivity index (χ3n) is 0.582. The van der Waals surface area contributed by atoms with E-state index in [-0.39, 0.29) is 0 Å². The van der Waals surface area contributed by atoms with Crippen LogP contribution in [0.4, 0.5) is 0 Å². The molecule has 0 aromatic rings. The molecule has 0 aromatic heterocycles. The zero-order valence-electron chi connectivity index (χ0n) is 4.96. The van der Waals surface area contributed by atoms with Crippen molar-refractivity contribution in [2.45, 2.75) is 6.92 Å². The predicted molar refractivity (Wildman–Crippen MR) is 36.6 cm³/mol. The maximum absolute atomic E-state index is 5.24. The van der Waals surface area contributed by atoms with Crippen LogP contribution >= 0.6 is 0 Å². The number of hydrogen-bond donors (Lipinski definition) is 1. The van der Waals surface area contributed by atoms with E-state index in [1.165, 1.54) is 6.08 Å². The Bertz CT molecular complexity index is 122. The highest BCUT2D eigenvalue weighted by molar-refractivity contribution is 5.91. The molecular weight excluding hydrogens is 100 g/mol. The first-order valence-corrected chi connectivity index (χ1v) is 2.38. The van der Waals surface area contributed by atoms with Gasteiger partial charge in [-0.2, -0.15) is 0 Å². The van der Waals surface area contributed by atoms with Crippen LogP contribution in [-0.4, -0.2) is 5.84 Å². The Morgan fingerprint density at radius 2 is 2.38 bits per heavy atom. The van der Waals surface area contributed by atoms with Gasteiger partial charge in [0.1, 0.15) is 5.84 Å². The van der Waals surface area contributed by atoms with Gasteiger partial charge in [-0.15, -0.1) is 0 Å². The molecule has 0 aliphatic rings. The van der Waals surface area contributed by atoms with E-state index in [4.69, 9.17) is 5.73 Å². The van der Waals surface area contributed by atoms with Crippen molar-refractivity contribution in [2.24, 2.45) is 10.7 Å². The molecule has 2 N–H and O–H groups in total. The Labute approximate surface area is 49.4 Å². The Morgan fingerprint density at radius 1 is 1.75 bits per heavy atom. The molecular formula is C6H10N2. The van der Waals surface area contributed by atoms with E-state index in [2.05, 4.69) is 11.6 Å². The third-order valence-corrected chi connectivity index (χ3v) is 0.582. The lowest BCUT2D eigenvalue weighted by molar-refractivity contribution is 1.49. The Kier molecular flexibility index (Phi) is 3.58. The van der Waals surface area contributed by atoms with E-state index in [0.717, 1.165) is 0 Å². The van der Waals surface area contributed by atoms with Crippen molar-refractivity contribution in [3.05, 3.63) is 24.9 Å². The standard InChI is InChI=1S/C6H10N2/c1-3-5-8-6(7)4-2/h3-5H,2H2,1H3,(H2,7,8)/b5-3-. The summed E-state index contributed by atoms with van der Waals surface area (Å²) in [5.74, 6) is 0.447. The zero-order valence-corrected chi connectivity index (χ0v) is 4.96. The summed E-state index contributed by atoms with van der Waals surface area (Å²) in [6.07, 6.45) is 4.92. The molecule has 0 saturated heterocycles. The SMILES string of the molecule is C=C/C(N)=N\C=C/C. The highest BCUT2D eigenvalue weighted by atomic mass is 14.8. The van der Waals surface area contributed by atoms with Crippen LogP contribution in [0.3, 0.4) is 0 Å². The Balaban J connectivity index is 3.74. The highest BCUT2D eigenvalue weighted by Crippen LogP contribution is 1.73. The molecule has 0 heterocycles. The molecule has 2 heteroatoms. The molecule has 8 heavy (non-hydrogen) atoms. The van der Waals surface area contributed by atoms with Gasteiger partial charge in [0.2, 0.25) is 0 Å². The van der Waals surface area contributed by atoms with E-state index in [9.17, 15) is 0 Å². The number of aliphatic imine (C=N–C) groups is 1. The van der Waals surface area contributed by atoms with Gasteiger partial charge in [-0.1, -0.05) is 12.7 Å². The van der Waals surface area contributed by atoms with Gasteiger partial charge in [0.05, 0.1) is 0 Å². The van der Waals surface area contributed by atoms with Crippen LogP contribution in [0.2, 0.25) is 0 Å². The molecule has 0 unspecified atom stereocenters. The second-order valence-corrected chi connectivity index (χ2v) is 1.24. The van der Waals surface area contributed by atoms with Gasteiger partial charge in [-0.25, -0.2) is 4.99 Å².